The molecule has 0 aliphatic rings. The Morgan fingerprint density at radius 3 is 2.50 bits per heavy atom. The molecule has 0 saturated heterocycles. The molecule has 2 heteroatoms. The van der Waals surface area contributed by atoms with Crippen LogP contribution in [0, 0.1) is 0 Å². The SMILES string of the molecule is CCCC=CC(C)(C)OO. The molecule has 10 heavy (non-hydrogen) atoms. The second kappa shape index (κ2) is 4.47. The van der Waals surface area contributed by atoms with Crippen molar-refractivity contribution in [2.75, 3.05) is 0 Å². The van der Waals surface area contributed by atoms with E-state index in [0.29, 0.717) is 0 Å². The fourth-order valence-electron chi connectivity index (χ4n) is 0.564. The van der Waals surface area contributed by atoms with Crippen LogP contribution in [0.3, 0.4) is 0 Å². The van der Waals surface area contributed by atoms with E-state index in [1.165, 1.54) is 0 Å². The highest BCUT2D eigenvalue weighted by atomic mass is 17.1. The second-order valence-corrected chi connectivity index (χ2v) is 2.89. The number of unbranched alkanes of at least 4 members (excludes halogenated alkanes) is 1. The molecule has 0 aromatic rings. The lowest BCUT2D eigenvalue weighted by Gasteiger charge is -2.14. The van der Waals surface area contributed by atoms with Crippen LogP contribution in [0.5, 0.6) is 0 Å². The molecular formula is C8H16O2. The minimum atomic E-state index is -0.533. The Labute approximate surface area is 62.4 Å². The van der Waals surface area contributed by atoms with Gasteiger partial charge in [-0.1, -0.05) is 25.5 Å². The third-order valence-corrected chi connectivity index (χ3v) is 1.21. The van der Waals surface area contributed by atoms with Crippen LogP contribution in [0.1, 0.15) is 33.6 Å². The molecule has 1 N–H and O–H groups in total. The fourth-order valence-corrected chi connectivity index (χ4v) is 0.564. The molecule has 0 aliphatic heterocycles. The van der Waals surface area contributed by atoms with E-state index in [2.05, 4.69) is 11.8 Å². The summed E-state index contributed by atoms with van der Waals surface area (Å²) in [6.07, 6.45) is 6.03. The first kappa shape index (κ1) is 9.66. The molecule has 0 heterocycles. The van der Waals surface area contributed by atoms with Crippen LogP contribution in [-0.2, 0) is 4.89 Å². The quantitative estimate of drug-likeness (QED) is 0.373. The highest BCUT2D eigenvalue weighted by Gasteiger charge is 2.12. The monoisotopic (exact) mass is 144 g/mol. The molecule has 0 aromatic heterocycles. The largest absolute Gasteiger partial charge is 0.251 e. The van der Waals surface area contributed by atoms with Crippen LogP contribution in [0.2, 0.25) is 0 Å². The van der Waals surface area contributed by atoms with Gasteiger partial charge in [0.2, 0.25) is 0 Å². The molecule has 0 atom stereocenters. The zero-order valence-corrected chi connectivity index (χ0v) is 6.92. The summed E-state index contributed by atoms with van der Waals surface area (Å²) in [5.74, 6) is 0. The molecule has 60 valence electrons. The van der Waals surface area contributed by atoms with Crippen molar-refractivity contribution in [3.8, 4) is 0 Å². The lowest BCUT2D eigenvalue weighted by molar-refractivity contribution is -0.297. The van der Waals surface area contributed by atoms with Gasteiger partial charge in [-0.2, -0.15) is 0 Å². The van der Waals surface area contributed by atoms with Crippen LogP contribution >= 0.6 is 0 Å². The molecule has 0 spiro atoms. The van der Waals surface area contributed by atoms with Gasteiger partial charge >= 0.3 is 0 Å². The summed E-state index contributed by atoms with van der Waals surface area (Å²) in [6.45, 7) is 5.72. The standard InChI is InChI=1S/C8H16O2/c1-4-5-6-7-8(2,3)10-9/h6-7,9H,4-5H2,1-3H3. The summed E-state index contributed by atoms with van der Waals surface area (Å²) in [6, 6.07) is 0. The Kier molecular flexibility index (Phi) is 4.32. The number of rotatable bonds is 4. The van der Waals surface area contributed by atoms with Crippen molar-refractivity contribution in [2.45, 2.75) is 39.2 Å². The van der Waals surface area contributed by atoms with Gasteiger partial charge in [-0.05, 0) is 20.3 Å². The highest BCUT2D eigenvalue weighted by molar-refractivity contribution is 4.95. The maximum Gasteiger partial charge on any atom is 0.116 e. The van der Waals surface area contributed by atoms with Crippen LogP contribution in [-0.4, -0.2) is 10.9 Å². The average molecular weight is 144 g/mol. The molecule has 0 unspecified atom stereocenters. The normalized spacial score (nSPS) is 12.8. The van der Waals surface area contributed by atoms with Crippen LogP contribution < -0.4 is 0 Å². The number of hydrogen-bond acceptors (Lipinski definition) is 2. The Morgan fingerprint density at radius 2 is 2.10 bits per heavy atom. The molecule has 2 nitrogen and oxygen atoms in total. The van der Waals surface area contributed by atoms with Gasteiger partial charge in [0.15, 0.2) is 0 Å². The summed E-state index contributed by atoms with van der Waals surface area (Å²) in [7, 11) is 0. The van der Waals surface area contributed by atoms with E-state index in [4.69, 9.17) is 5.26 Å². The Balaban J connectivity index is 3.63. The van der Waals surface area contributed by atoms with Crippen molar-refractivity contribution in [3.63, 3.8) is 0 Å². The summed E-state index contributed by atoms with van der Waals surface area (Å²) < 4.78 is 0. The predicted octanol–water partition coefficient (Wildman–Crippen LogP) is 2.61. The molecule has 0 aromatic carbocycles. The van der Waals surface area contributed by atoms with E-state index < -0.39 is 5.60 Å². The molecule has 0 radical (unpaired) electrons. The lowest BCUT2D eigenvalue weighted by atomic mass is 10.1. The first-order chi connectivity index (χ1) is 4.62. The van der Waals surface area contributed by atoms with Gasteiger partial charge in [0, 0.05) is 0 Å². The fraction of sp³-hybridized carbons (Fsp3) is 0.750. The van der Waals surface area contributed by atoms with E-state index in [-0.39, 0.29) is 0 Å². The van der Waals surface area contributed by atoms with Gasteiger partial charge in [-0.25, -0.2) is 4.89 Å². The topological polar surface area (TPSA) is 29.5 Å². The molecular weight excluding hydrogens is 128 g/mol. The highest BCUT2D eigenvalue weighted by Crippen LogP contribution is 2.09. The Morgan fingerprint density at radius 1 is 1.50 bits per heavy atom. The first-order valence-electron chi connectivity index (χ1n) is 3.62. The summed E-state index contributed by atoms with van der Waals surface area (Å²) >= 11 is 0. The van der Waals surface area contributed by atoms with Gasteiger partial charge in [-0.3, -0.25) is 5.26 Å². The maximum absolute atomic E-state index is 8.34. The lowest BCUT2D eigenvalue weighted by Crippen LogP contribution is -2.18. The van der Waals surface area contributed by atoms with E-state index in [1.807, 2.05) is 12.2 Å². The van der Waals surface area contributed by atoms with Crippen LogP contribution in [0.25, 0.3) is 0 Å². The molecule has 0 amide bonds. The Bertz CT molecular complexity index is 106. The van der Waals surface area contributed by atoms with Crippen molar-refractivity contribution in [1.29, 1.82) is 0 Å². The van der Waals surface area contributed by atoms with Gasteiger partial charge in [0.05, 0.1) is 0 Å². The van der Waals surface area contributed by atoms with Crippen LogP contribution in [0.4, 0.5) is 0 Å². The number of hydrogen-bond donors (Lipinski definition) is 1. The van der Waals surface area contributed by atoms with Gasteiger partial charge in [0.1, 0.15) is 5.60 Å². The first-order valence-corrected chi connectivity index (χ1v) is 3.62. The maximum atomic E-state index is 8.34. The third kappa shape index (κ3) is 4.53. The zero-order chi connectivity index (χ0) is 8.04. The third-order valence-electron chi connectivity index (χ3n) is 1.21. The molecule has 0 aliphatic carbocycles. The number of allylic oxidation sites excluding steroid dienone is 1. The molecule has 0 fully saturated rings. The zero-order valence-electron chi connectivity index (χ0n) is 6.92. The van der Waals surface area contributed by atoms with E-state index in [9.17, 15) is 0 Å². The second-order valence-electron chi connectivity index (χ2n) is 2.89. The summed E-state index contributed by atoms with van der Waals surface area (Å²) in [4.78, 5) is 4.20. The minimum Gasteiger partial charge on any atom is -0.251 e. The Hall–Kier alpha value is -0.340. The molecule has 0 bridgehead atoms. The van der Waals surface area contributed by atoms with Gasteiger partial charge in [-0.15, -0.1) is 0 Å². The van der Waals surface area contributed by atoms with Crippen molar-refractivity contribution in [1.82, 2.24) is 0 Å². The smallest absolute Gasteiger partial charge is 0.116 e. The summed E-state index contributed by atoms with van der Waals surface area (Å²) in [5.41, 5.74) is -0.533. The summed E-state index contributed by atoms with van der Waals surface area (Å²) in [5, 5.41) is 8.34. The van der Waals surface area contributed by atoms with E-state index in [0.717, 1.165) is 12.8 Å². The predicted molar refractivity (Wildman–Crippen MR) is 41.8 cm³/mol. The van der Waals surface area contributed by atoms with Gasteiger partial charge in [0.25, 0.3) is 0 Å². The van der Waals surface area contributed by atoms with Gasteiger partial charge < -0.3 is 0 Å². The van der Waals surface area contributed by atoms with E-state index >= 15 is 0 Å². The van der Waals surface area contributed by atoms with Crippen LogP contribution in [0.15, 0.2) is 12.2 Å². The van der Waals surface area contributed by atoms with Crippen molar-refractivity contribution < 1.29 is 10.1 Å². The van der Waals surface area contributed by atoms with Crippen molar-refractivity contribution in [3.05, 3.63) is 12.2 Å². The van der Waals surface area contributed by atoms with Crippen molar-refractivity contribution >= 4 is 0 Å². The minimum absolute atomic E-state index is 0.533. The van der Waals surface area contributed by atoms with E-state index in [1.54, 1.807) is 13.8 Å². The molecule has 0 rings (SSSR count). The molecule has 0 saturated carbocycles. The van der Waals surface area contributed by atoms with Crippen molar-refractivity contribution in [2.24, 2.45) is 0 Å². The average Bonchev–Trinajstić information content (AvgIpc) is 1.89.